The second kappa shape index (κ2) is 5.56. The highest BCUT2D eigenvalue weighted by atomic mass is 16.4. The Morgan fingerprint density at radius 2 is 2.15 bits per heavy atom. The number of hydrogen-bond acceptors (Lipinski definition) is 4. The van der Waals surface area contributed by atoms with Crippen LogP contribution in [0.1, 0.15) is 40.9 Å². The van der Waals surface area contributed by atoms with E-state index >= 15 is 0 Å². The first-order valence-electron chi connectivity index (χ1n) is 9.01. The number of hydrogen-bond donors (Lipinski definition) is 1. The largest absolute Gasteiger partial charge is 0.422 e. The number of rotatable bonds is 1. The molecular weight excluding hydrogens is 330 g/mol. The summed E-state index contributed by atoms with van der Waals surface area (Å²) >= 11 is 0. The Morgan fingerprint density at radius 3 is 3.08 bits per heavy atom. The SMILES string of the molecule is O=C(c1cc2ccccc2oc1=O)N1CCCC2(CCc3cn[nH]c32)C1. The summed E-state index contributed by atoms with van der Waals surface area (Å²) in [5.41, 5.74) is 2.41. The minimum atomic E-state index is -0.568. The zero-order chi connectivity index (χ0) is 17.7. The van der Waals surface area contributed by atoms with Gasteiger partial charge >= 0.3 is 5.63 Å². The van der Waals surface area contributed by atoms with Crippen LogP contribution in [0.25, 0.3) is 11.0 Å². The maximum absolute atomic E-state index is 13.1. The third kappa shape index (κ3) is 2.21. The van der Waals surface area contributed by atoms with Gasteiger partial charge < -0.3 is 9.32 Å². The van der Waals surface area contributed by atoms with Crippen LogP contribution in [0.3, 0.4) is 0 Å². The molecule has 0 bridgehead atoms. The molecule has 1 aromatic carbocycles. The summed E-state index contributed by atoms with van der Waals surface area (Å²) in [5.74, 6) is -0.239. The molecule has 1 N–H and O–H groups in total. The van der Waals surface area contributed by atoms with Crippen molar-refractivity contribution in [1.82, 2.24) is 15.1 Å². The Kier molecular flexibility index (Phi) is 3.29. The molecule has 1 fully saturated rings. The van der Waals surface area contributed by atoms with E-state index in [4.69, 9.17) is 4.42 Å². The van der Waals surface area contributed by atoms with Crippen LogP contribution in [0.2, 0.25) is 0 Å². The number of carbonyl (C=O) groups excluding carboxylic acids is 1. The van der Waals surface area contributed by atoms with Gasteiger partial charge in [0.2, 0.25) is 0 Å². The zero-order valence-electron chi connectivity index (χ0n) is 14.3. The van der Waals surface area contributed by atoms with Crippen molar-refractivity contribution in [3.8, 4) is 0 Å². The normalized spacial score (nSPS) is 22.1. The number of nitrogens with one attached hydrogen (secondary N) is 1. The molecule has 6 heteroatoms. The van der Waals surface area contributed by atoms with E-state index in [-0.39, 0.29) is 16.9 Å². The lowest BCUT2D eigenvalue weighted by atomic mass is 9.77. The fourth-order valence-corrected chi connectivity index (χ4v) is 4.55. The molecule has 1 amide bonds. The number of H-pyrrole nitrogens is 1. The first-order valence-corrected chi connectivity index (χ1v) is 9.01. The number of piperidine rings is 1. The molecule has 26 heavy (non-hydrogen) atoms. The second-order valence-corrected chi connectivity index (χ2v) is 7.37. The van der Waals surface area contributed by atoms with E-state index in [0.717, 1.165) is 31.1 Å². The third-order valence-electron chi connectivity index (χ3n) is 5.86. The topological polar surface area (TPSA) is 79.2 Å². The lowest BCUT2D eigenvalue weighted by Crippen LogP contribution is -2.48. The lowest BCUT2D eigenvalue weighted by Gasteiger charge is -2.40. The zero-order valence-corrected chi connectivity index (χ0v) is 14.3. The summed E-state index contributed by atoms with van der Waals surface area (Å²) in [6.07, 6.45) is 5.86. The molecule has 3 aromatic rings. The van der Waals surface area contributed by atoms with E-state index in [2.05, 4.69) is 10.2 Å². The van der Waals surface area contributed by atoms with E-state index in [1.807, 2.05) is 24.4 Å². The van der Waals surface area contributed by atoms with Crippen molar-refractivity contribution in [3.05, 3.63) is 63.8 Å². The summed E-state index contributed by atoms with van der Waals surface area (Å²) < 4.78 is 5.35. The maximum atomic E-state index is 13.1. The van der Waals surface area contributed by atoms with E-state index in [1.165, 1.54) is 11.3 Å². The lowest BCUT2D eigenvalue weighted by molar-refractivity contribution is 0.0629. The average molecular weight is 349 g/mol. The van der Waals surface area contributed by atoms with Gasteiger partial charge in [0.15, 0.2) is 0 Å². The van der Waals surface area contributed by atoms with Crippen molar-refractivity contribution in [1.29, 1.82) is 0 Å². The molecule has 0 radical (unpaired) electrons. The first-order chi connectivity index (χ1) is 12.7. The second-order valence-electron chi connectivity index (χ2n) is 7.37. The van der Waals surface area contributed by atoms with Gasteiger partial charge in [-0.25, -0.2) is 4.79 Å². The third-order valence-corrected chi connectivity index (χ3v) is 5.86. The number of aromatic amines is 1. The van der Waals surface area contributed by atoms with Crippen LogP contribution in [0, 0.1) is 0 Å². The van der Waals surface area contributed by atoms with Crippen LogP contribution < -0.4 is 5.63 Å². The molecule has 1 aliphatic heterocycles. The van der Waals surface area contributed by atoms with Gasteiger partial charge in [-0.3, -0.25) is 9.89 Å². The first kappa shape index (κ1) is 15.4. The van der Waals surface area contributed by atoms with Gasteiger partial charge in [0.1, 0.15) is 11.1 Å². The fourth-order valence-electron chi connectivity index (χ4n) is 4.55. The standard InChI is InChI=1S/C20H19N3O3/c24-18(15-10-13-4-1-2-5-16(13)26-19(15)25)23-9-3-7-20(12-23)8-6-14-11-21-22-17(14)20/h1-2,4-5,10-11H,3,6-9,12H2,(H,21,22). The van der Waals surface area contributed by atoms with Gasteiger partial charge in [-0.05, 0) is 43.4 Å². The number of aryl methyl sites for hydroxylation is 1. The minimum absolute atomic E-state index is 0.0587. The van der Waals surface area contributed by atoms with Gasteiger partial charge in [-0.15, -0.1) is 0 Å². The summed E-state index contributed by atoms with van der Waals surface area (Å²) in [4.78, 5) is 27.3. The van der Waals surface area contributed by atoms with Crippen molar-refractivity contribution < 1.29 is 9.21 Å². The molecule has 2 aromatic heterocycles. The molecule has 2 aliphatic rings. The molecule has 0 saturated carbocycles. The molecule has 1 atom stereocenters. The Labute approximate surface area is 149 Å². The molecular formula is C20H19N3O3. The number of para-hydroxylation sites is 1. The molecule has 3 heterocycles. The highest BCUT2D eigenvalue weighted by Gasteiger charge is 2.44. The minimum Gasteiger partial charge on any atom is -0.422 e. The van der Waals surface area contributed by atoms with Crippen LogP contribution in [0.15, 0.2) is 45.7 Å². The monoisotopic (exact) mass is 349 g/mol. The maximum Gasteiger partial charge on any atom is 0.349 e. The summed E-state index contributed by atoms with van der Waals surface area (Å²) in [6, 6.07) is 8.91. The number of nitrogens with zero attached hydrogens (tertiary/aromatic N) is 2. The molecule has 132 valence electrons. The van der Waals surface area contributed by atoms with Crippen LogP contribution in [-0.2, 0) is 11.8 Å². The van der Waals surface area contributed by atoms with Gasteiger partial charge in [-0.2, -0.15) is 5.10 Å². The molecule has 1 spiro atoms. The smallest absolute Gasteiger partial charge is 0.349 e. The van der Waals surface area contributed by atoms with Gasteiger partial charge in [0.05, 0.1) is 6.20 Å². The van der Waals surface area contributed by atoms with Crippen molar-refractivity contribution in [2.75, 3.05) is 13.1 Å². The highest BCUT2D eigenvalue weighted by Crippen LogP contribution is 2.44. The van der Waals surface area contributed by atoms with Crippen LogP contribution in [0.4, 0.5) is 0 Å². The van der Waals surface area contributed by atoms with Crippen molar-refractivity contribution in [2.45, 2.75) is 31.1 Å². The summed E-state index contributed by atoms with van der Waals surface area (Å²) in [7, 11) is 0. The Balaban J connectivity index is 1.50. The Hall–Kier alpha value is -2.89. The Bertz CT molecular complexity index is 1070. The number of fused-ring (bicyclic) bond motifs is 3. The van der Waals surface area contributed by atoms with Gasteiger partial charge in [0.25, 0.3) is 5.91 Å². The molecule has 1 unspecified atom stereocenters. The molecule has 6 nitrogen and oxygen atoms in total. The van der Waals surface area contributed by atoms with E-state index < -0.39 is 5.63 Å². The quantitative estimate of drug-likeness (QED) is 0.685. The number of aromatic nitrogens is 2. The molecule has 1 aliphatic carbocycles. The van der Waals surface area contributed by atoms with E-state index in [9.17, 15) is 9.59 Å². The highest BCUT2D eigenvalue weighted by molar-refractivity contribution is 5.96. The van der Waals surface area contributed by atoms with Crippen LogP contribution in [-0.4, -0.2) is 34.1 Å². The predicted octanol–water partition coefficient (Wildman–Crippen LogP) is 2.64. The number of carbonyl (C=O) groups is 1. The number of amides is 1. The molecule has 5 rings (SSSR count). The van der Waals surface area contributed by atoms with E-state index in [0.29, 0.717) is 18.7 Å². The number of benzene rings is 1. The summed E-state index contributed by atoms with van der Waals surface area (Å²) in [6.45, 7) is 1.28. The van der Waals surface area contributed by atoms with Gasteiger partial charge in [-0.1, -0.05) is 18.2 Å². The molecule has 1 saturated heterocycles. The number of likely N-dealkylation sites (tertiary alicyclic amines) is 1. The van der Waals surface area contributed by atoms with Crippen LogP contribution in [0.5, 0.6) is 0 Å². The van der Waals surface area contributed by atoms with Crippen molar-refractivity contribution >= 4 is 16.9 Å². The summed E-state index contributed by atoms with van der Waals surface area (Å²) in [5, 5.41) is 8.08. The predicted molar refractivity (Wildman–Crippen MR) is 96.2 cm³/mol. The van der Waals surface area contributed by atoms with Crippen molar-refractivity contribution in [2.24, 2.45) is 0 Å². The van der Waals surface area contributed by atoms with Crippen molar-refractivity contribution in [3.63, 3.8) is 0 Å². The van der Waals surface area contributed by atoms with E-state index in [1.54, 1.807) is 17.0 Å². The Morgan fingerprint density at radius 1 is 1.27 bits per heavy atom. The average Bonchev–Trinajstić information content (AvgIpc) is 3.26. The van der Waals surface area contributed by atoms with Crippen LogP contribution >= 0.6 is 0 Å². The fraction of sp³-hybridized carbons (Fsp3) is 0.350. The van der Waals surface area contributed by atoms with Gasteiger partial charge in [0, 0.05) is 29.6 Å².